The van der Waals surface area contributed by atoms with E-state index >= 15 is 0 Å². The Morgan fingerprint density at radius 1 is 1.17 bits per heavy atom. The Balaban J connectivity index is 2.34. The summed E-state index contributed by atoms with van der Waals surface area (Å²) >= 11 is 0. The number of alkyl halides is 2. The van der Waals surface area contributed by atoms with Crippen molar-refractivity contribution < 1.29 is 23.1 Å². The SMILES string of the molecule is CC(C)[C@H](N)C(=O)NCC(=O)NCc1ccc(OC(F)F)cc1. The first kappa shape index (κ1) is 18.8. The number of rotatable bonds is 8. The molecule has 0 saturated carbocycles. The van der Waals surface area contributed by atoms with Crippen LogP contribution < -0.4 is 21.1 Å². The van der Waals surface area contributed by atoms with Crippen LogP contribution >= 0.6 is 0 Å². The van der Waals surface area contributed by atoms with Crippen LogP contribution in [-0.2, 0) is 16.1 Å². The lowest BCUT2D eigenvalue weighted by Gasteiger charge is -2.15. The van der Waals surface area contributed by atoms with Gasteiger partial charge in [0.05, 0.1) is 12.6 Å². The highest BCUT2D eigenvalue weighted by molar-refractivity contribution is 5.87. The van der Waals surface area contributed by atoms with Crippen molar-refractivity contribution in [2.45, 2.75) is 33.0 Å². The van der Waals surface area contributed by atoms with E-state index in [1.807, 2.05) is 13.8 Å². The van der Waals surface area contributed by atoms with Crippen LogP contribution in [0.2, 0.25) is 0 Å². The lowest BCUT2D eigenvalue weighted by Crippen LogP contribution is -2.47. The summed E-state index contributed by atoms with van der Waals surface area (Å²) in [6.45, 7) is 0.782. The molecular weight excluding hydrogens is 308 g/mol. The van der Waals surface area contributed by atoms with E-state index in [9.17, 15) is 18.4 Å². The molecule has 2 amide bonds. The van der Waals surface area contributed by atoms with E-state index in [2.05, 4.69) is 15.4 Å². The molecule has 0 unspecified atom stereocenters. The van der Waals surface area contributed by atoms with E-state index < -0.39 is 12.7 Å². The molecule has 0 radical (unpaired) electrons. The molecule has 0 aromatic heterocycles. The molecule has 0 fully saturated rings. The first-order valence-corrected chi connectivity index (χ1v) is 7.13. The minimum atomic E-state index is -2.87. The van der Waals surface area contributed by atoms with Gasteiger partial charge in [-0.25, -0.2) is 0 Å². The van der Waals surface area contributed by atoms with Gasteiger partial charge in [0.15, 0.2) is 0 Å². The number of nitrogens with two attached hydrogens (primary N) is 1. The van der Waals surface area contributed by atoms with E-state index in [-0.39, 0.29) is 36.6 Å². The highest BCUT2D eigenvalue weighted by Gasteiger charge is 2.17. The maximum Gasteiger partial charge on any atom is 0.387 e. The third kappa shape index (κ3) is 7.05. The fourth-order valence-electron chi connectivity index (χ4n) is 1.64. The van der Waals surface area contributed by atoms with Gasteiger partial charge >= 0.3 is 6.61 Å². The van der Waals surface area contributed by atoms with E-state index in [0.29, 0.717) is 5.56 Å². The van der Waals surface area contributed by atoms with Crippen LogP contribution in [0.15, 0.2) is 24.3 Å². The van der Waals surface area contributed by atoms with E-state index in [4.69, 9.17) is 5.73 Å². The molecule has 128 valence electrons. The number of carbonyl (C=O) groups is 2. The van der Waals surface area contributed by atoms with Crippen LogP contribution in [0.3, 0.4) is 0 Å². The van der Waals surface area contributed by atoms with Crippen molar-refractivity contribution in [3.8, 4) is 5.75 Å². The molecule has 0 aliphatic carbocycles. The average Bonchev–Trinajstić information content (AvgIpc) is 2.50. The van der Waals surface area contributed by atoms with Gasteiger partial charge in [-0.2, -0.15) is 8.78 Å². The quantitative estimate of drug-likeness (QED) is 0.663. The fourth-order valence-corrected chi connectivity index (χ4v) is 1.64. The largest absolute Gasteiger partial charge is 0.435 e. The zero-order valence-electron chi connectivity index (χ0n) is 13.0. The molecule has 0 aliphatic heterocycles. The Kier molecular flexibility index (Phi) is 7.40. The lowest BCUT2D eigenvalue weighted by molar-refractivity contribution is -0.127. The number of halogens is 2. The molecular formula is C15H21F2N3O3. The minimum absolute atomic E-state index is 0.0213. The molecule has 1 rings (SSSR count). The Morgan fingerprint density at radius 2 is 1.78 bits per heavy atom. The van der Waals surface area contributed by atoms with Crippen LogP contribution in [-0.4, -0.2) is 31.0 Å². The summed E-state index contributed by atoms with van der Waals surface area (Å²) in [5, 5.41) is 5.05. The summed E-state index contributed by atoms with van der Waals surface area (Å²) in [5.74, 6) is -0.733. The third-order valence-corrected chi connectivity index (χ3v) is 3.08. The lowest BCUT2D eigenvalue weighted by atomic mass is 10.1. The predicted octanol–water partition coefficient (Wildman–Crippen LogP) is 1.00. The van der Waals surface area contributed by atoms with E-state index in [0.717, 1.165) is 0 Å². The number of nitrogens with one attached hydrogen (secondary N) is 2. The maximum absolute atomic E-state index is 12.0. The van der Waals surface area contributed by atoms with Gasteiger partial charge < -0.3 is 21.1 Å². The second-order valence-electron chi connectivity index (χ2n) is 5.29. The van der Waals surface area contributed by atoms with Gasteiger partial charge in [-0.15, -0.1) is 0 Å². The molecule has 6 nitrogen and oxygen atoms in total. The molecule has 8 heteroatoms. The van der Waals surface area contributed by atoms with Crippen LogP contribution in [0.1, 0.15) is 19.4 Å². The van der Waals surface area contributed by atoms with Crippen LogP contribution in [0.5, 0.6) is 5.75 Å². The van der Waals surface area contributed by atoms with Crippen molar-refractivity contribution in [1.82, 2.24) is 10.6 Å². The molecule has 0 heterocycles. The molecule has 4 N–H and O–H groups in total. The predicted molar refractivity (Wildman–Crippen MR) is 80.7 cm³/mol. The van der Waals surface area contributed by atoms with E-state index in [1.54, 1.807) is 12.1 Å². The zero-order valence-corrected chi connectivity index (χ0v) is 13.0. The Morgan fingerprint density at radius 3 is 2.30 bits per heavy atom. The summed E-state index contributed by atoms with van der Waals surface area (Å²) in [5.41, 5.74) is 6.36. The molecule has 1 aromatic carbocycles. The van der Waals surface area contributed by atoms with Crippen molar-refractivity contribution in [3.05, 3.63) is 29.8 Å². The standard InChI is InChI=1S/C15H21F2N3O3/c1-9(2)13(18)14(22)20-8-12(21)19-7-10-3-5-11(6-4-10)23-15(16)17/h3-6,9,13,15H,7-8,18H2,1-2H3,(H,19,21)(H,20,22)/t13-/m0/s1. The van der Waals surface area contributed by atoms with Gasteiger partial charge in [0.25, 0.3) is 0 Å². The fraction of sp³-hybridized carbons (Fsp3) is 0.467. The first-order valence-electron chi connectivity index (χ1n) is 7.13. The summed E-state index contributed by atoms with van der Waals surface area (Å²) in [7, 11) is 0. The molecule has 23 heavy (non-hydrogen) atoms. The number of carbonyl (C=O) groups excluding carboxylic acids is 2. The summed E-state index contributed by atoms with van der Waals surface area (Å²) in [6.07, 6.45) is 0. The van der Waals surface area contributed by atoms with Gasteiger partial charge in [-0.05, 0) is 23.6 Å². The molecule has 1 atom stereocenters. The van der Waals surface area contributed by atoms with Gasteiger partial charge in [0, 0.05) is 6.54 Å². The van der Waals surface area contributed by atoms with Crippen molar-refractivity contribution in [1.29, 1.82) is 0 Å². The number of hydrogen-bond donors (Lipinski definition) is 3. The number of hydrogen-bond acceptors (Lipinski definition) is 4. The van der Waals surface area contributed by atoms with Gasteiger partial charge in [-0.1, -0.05) is 26.0 Å². The Bertz CT molecular complexity index is 521. The second-order valence-corrected chi connectivity index (χ2v) is 5.29. The van der Waals surface area contributed by atoms with Crippen molar-refractivity contribution >= 4 is 11.8 Å². The van der Waals surface area contributed by atoms with Crippen molar-refractivity contribution in [3.63, 3.8) is 0 Å². The van der Waals surface area contributed by atoms with Gasteiger partial charge in [-0.3, -0.25) is 9.59 Å². The highest BCUT2D eigenvalue weighted by atomic mass is 19.3. The number of benzene rings is 1. The van der Waals surface area contributed by atoms with Crippen molar-refractivity contribution in [2.75, 3.05) is 6.54 Å². The van der Waals surface area contributed by atoms with Crippen LogP contribution in [0, 0.1) is 5.92 Å². The van der Waals surface area contributed by atoms with Crippen LogP contribution in [0.25, 0.3) is 0 Å². The number of amides is 2. The zero-order chi connectivity index (χ0) is 17.4. The molecule has 0 bridgehead atoms. The number of ether oxygens (including phenoxy) is 1. The Labute approximate surface area is 133 Å². The highest BCUT2D eigenvalue weighted by Crippen LogP contribution is 2.14. The average molecular weight is 329 g/mol. The van der Waals surface area contributed by atoms with Crippen LogP contribution in [0.4, 0.5) is 8.78 Å². The third-order valence-electron chi connectivity index (χ3n) is 3.08. The van der Waals surface area contributed by atoms with Gasteiger partial charge in [0.2, 0.25) is 11.8 Å². The minimum Gasteiger partial charge on any atom is -0.435 e. The Hall–Kier alpha value is -2.22. The van der Waals surface area contributed by atoms with E-state index in [1.165, 1.54) is 12.1 Å². The normalized spacial score (nSPS) is 12.1. The smallest absolute Gasteiger partial charge is 0.387 e. The maximum atomic E-state index is 12.0. The summed E-state index contributed by atoms with van der Waals surface area (Å²) in [6, 6.07) is 5.23. The molecule has 0 aliphatic rings. The summed E-state index contributed by atoms with van der Waals surface area (Å²) in [4.78, 5) is 23.2. The van der Waals surface area contributed by atoms with Crippen molar-refractivity contribution in [2.24, 2.45) is 11.7 Å². The topological polar surface area (TPSA) is 93.5 Å². The molecule has 0 saturated heterocycles. The first-order chi connectivity index (χ1) is 10.8. The summed E-state index contributed by atoms with van der Waals surface area (Å²) < 4.78 is 28.2. The molecule has 1 aromatic rings. The second kappa shape index (κ2) is 9.04. The van der Waals surface area contributed by atoms with Gasteiger partial charge in [0.1, 0.15) is 5.75 Å². The monoisotopic (exact) mass is 329 g/mol. The molecule has 0 spiro atoms.